The van der Waals surface area contributed by atoms with Crippen molar-refractivity contribution in [2.75, 3.05) is 12.4 Å². The number of hydrogen-bond acceptors (Lipinski definition) is 5. The van der Waals surface area contributed by atoms with Gasteiger partial charge in [0.2, 0.25) is 5.89 Å². The van der Waals surface area contributed by atoms with Crippen molar-refractivity contribution in [1.82, 2.24) is 9.97 Å². The zero-order valence-corrected chi connectivity index (χ0v) is 15.9. The molecule has 2 aromatic carbocycles. The Bertz CT molecular complexity index is 1140. The van der Waals surface area contributed by atoms with Crippen LogP contribution in [0.15, 0.2) is 69.8 Å². The molecule has 0 atom stereocenters. The van der Waals surface area contributed by atoms with Crippen molar-refractivity contribution >= 4 is 38.6 Å². The number of oxazole rings is 1. The zero-order valence-electron chi connectivity index (χ0n) is 14.3. The monoisotopic (exact) mass is 423 g/mol. The molecule has 4 aromatic rings. The molecule has 1 amide bonds. The van der Waals surface area contributed by atoms with Crippen LogP contribution >= 0.6 is 15.9 Å². The Labute approximate surface area is 163 Å². The Kier molecular flexibility index (Phi) is 4.60. The highest BCUT2D eigenvalue weighted by Gasteiger charge is 2.14. The van der Waals surface area contributed by atoms with Crippen LogP contribution in [0.5, 0.6) is 5.75 Å². The van der Waals surface area contributed by atoms with Crippen LogP contribution in [-0.4, -0.2) is 23.0 Å². The van der Waals surface area contributed by atoms with E-state index < -0.39 is 0 Å². The van der Waals surface area contributed by atoms with Gasteiger partial charge in [-0.3, -0.25) is 9.78 Å². The Balaban J connectivity index is 1.63. The number of rotatable bonds is 4. The second kappa shape index (κ2) is 7.20. The minimum atomic E-state index is -0.258. The molecule has 27 heavy (non-hydrogen) atoms. The average Bonchev–Trinajstić information content (AvgIpc) is 3.11. The predicted octanol–water partition coefficient (Wildman–Crippen LogP) is 4.91. The summed E-state index contributed by atoms with van der Waals surface area (Å²) in [6.07, 6.45) is 3.37. The highest BCUT2D eigenvalue weighted by molar-refractivity contribution is 9.10. The number of methoxy groups -OCH3 is 1. The maximum atomic E-state index is 12.5. The second-order valence-electron chi connectivity index (χ2n) is 5.75. The van der Waals surface area contributed by atoms with Crippen molar-refractivity contribution in [3.05, 3.63) is 71.0 Å². The lowest BCUT2D eigenvalue weighted by Crippen LogP contribution is -2.13. The fourth-order valence-electron chi connectivity index (χ4n) is 2.69. The number of ether oxygens (including phenoxy) is 1. The lowest BCUT2D eigenvalue weighted by atomic mass is 10.2. The number of carbonyl (C=O) groups is 1. The minimum Gasteiger partial charge on any atom is -0.496 e. The number of pyridine rings is 1. The first-order chi connectivity index (χ1) is 13.1. The van der Waals surface area contributed by atoms with E-state index in [1.807, 2.05) is 12.1 Å². The first-order valence-corrected chi connectivity index (χ1v) is 8.89. The summed E-state index contributed by atoms with van der Waals surface area (Å²) < 4.78 is 11.9. The number of amides is 1. The van der Waals surface area contributed by atoms with Crippen LogP contribution in [0.2, 0.25) is 0 Å². The normalized spacial score (nSPS) is 10.7. The van der Waals surface area contributed by atoms with E-state index >= 15 is 0 Å². The van der Waals surface area contributed by atoms with E-state index in [4.69, 9.17) is 9.15 Å². The van der Waals surface area contributed by atoms with Gasteiger partial charge in [0, 0.05) is 22.6 Å². The van der Waals surface area contributed by atoms with Crippen LogP contribution in [-0.2, 0) is 0 Å². The molecule has 0 saturated heterocycles. The van der Waals surface area contributed by atoms with Crippen molar-refractivity contribution in [2.24, 2.45) is 0 Å². The van der Waals surface area contributed by atoms with Gasteiger partial charge in [0.15, 0.2) is 5.58 Å². The molecule has 0 aliphatic rings. The van der Waals surface area contributed by atoms with E-state index in [-0.39, 0.29) is 5.91 Å². The van der Waals surface area contributed by atoms with E-state index in [9.17, 15) is 4.79 Å². The molecule has 4 rings (SSSR count). The fourth-order valence-corrected chi connectivity index (χ4v) is 3.05. The maximum absolute atomic E-state index is 12.5. The second-order valence-corrected chi connectivity index (χ2v) is 6.66. The molecule has 0 bridgehead atoms. The van der Waals surface area contributed by atoms with Crippen molar-refractivity contribution in [3.8, 4) is 17.2 Å². The van der Waals surface area contributed by atoms with Crippen LogP contribution in [0.1, 0.15) is 10.4 Å². The maximum Gasteiger partial charge on any atom is 0.259 e. The van der Waals surface area contributed by atoms with Gasteiger partial charge in [-0.2, -0.15) is 0 Å². The number of aromatic nitrogens is 2. The quantitative estimate of drug-likeness (QED) is 0.504. The molecule has 134 valence electrons. The number of carbonyl (C=O) groups excluding carboxylic acids is 1. The molecule has 1 N–H and O–H groups in total. The van der Waals surface area contributed by atoms with Crippen LogP contribution in [0.3, 0.4) is 0 Å². The summed E-state index contributed by atoms with van der Waals surface area (Å²) in [7, 11) is 1.53. The van der Waals surface area contributed by atoms with E-state index in [0.29, 0.717) is 34.0 Å². The molecule has 2 heterocycles. The summed E-state index contributed by atoms with van der Waals surface area (Å²) in [4.78, 5) is 21.2. The molecule has 0 aliphatic heterocycles. The predicted molar refractivity (Wildman–Crippen MR) is 106 cm³/mol. The molecular formula is C20H14BrN3O3. The Morgan fingerprint density at radius 3 is 2.81 bits per heavy atom. The lowest BCUT2D eigenvalue weighted by Gasteiger charge is -2.08. The fraction of sp³-hybridized carbons (Fsp3) is 0.0500. The number of anilines is 1. The van der Waals surface area contributed by atoms with Crippen LogP contribution in [0.25, 0.3) is 22.6 Å². The molecule has 6 nitrogen and oxygen atoms in total. The standard InChI is InChI=1S/C20H14BrN3O3/c1-26-17-5-3-2-4-15(17)19(25)23-14-6-7-18-16(9-14)24-20(27-18)12-8-13(21)11-22-10-12/h2-11H,1H3,(H,23,25). The Morgan fingerprint density at radius 2 is 2.00 bits per heavy atom. The van der Waals surface area contributed by atoms with Crippen molar-refractivity contribution in [3.63, 3.8) is 0 Å². The van der Waals surface area contributed by atoms with Gasteiger partial charge in [0.25, 0.3) is 5.91 Å². The van der Waals surface area contributed by atoms with Gasteiger partial charge < -0.3 is 14.5 Å². The van der Waals surface area contributed by atoms with Gasteiger partial charge >= 0.3 is 0 Å². The number of benzene rings is 2. The molecule has 0 radical (unpaired) electrons. The van der Waals surface area contributed by atoms with Gasteiger partial charge in [-0.05, 0) is 52.3 Å². The summed E-state index contributed by atoms with van der Waals surface area (Å²) in [5, 5.41) is 2.86. The third kappa shape index (κ3) is 3.54. The van der Waals surface area contributed by atoms with Crippen LogP contribution in [0.4, 0.5) is 5.69 Å². The number of nitrogens with zero attached hydrogens (tertiary/aromatic N) is 2. The van der Waals surface area contributed by atoms with Crippen LogP contribution < -0.4 is 10.1 Å². The first-order valence-electron chi connectivity index (χ1n) is 8.10. The van der Waals surface area contributed by atoms with Crippen molar-refractivity contribution in [2.45, 2.75) is 0 Å². The number of fused-ring (bicyclic) bond motifs is 1. The van der Waals surface area contributed by atoms with E-state index in [0.717, 1.165) is 10.0 Å². The summed E-state index contributed by atoms with van der Waals surface area (Å²) in [6, 6.07) is 14.2. The molecule has 0 fully saturated rings. The largest absolute Gasteiger partial charge is 0.496 e. The molecule has 2 aromatic heterocycles. The van der Waals surface area contributed by atoms with E-state index in [1.54, 1.807) is 48.8 Å². The minimum absolute atomic E-state index is 0.258. The number of nitrogens with one attached hydrogen (secondary N) is 1. The summed E-state index contributed by atoms with van der Waals surface area (Å²) in [6.45, 7) is 0. The number of para-hydroxylation sites is 1. The Hall–Kier alpha value is -3.19. The Morgan fingerprint density at radius 1 is 1.15 bits per heavy atom. The average molecular weight is 424 g/mol. The molecule has 0 unspecified atom stereocenters. The van der Waals surface area contributed by atoms with Gasteiger partial charge in [0.1, 0.15) is 11.3 Å². The number of halogens is 1. The van der Waals surface area contributed by atoms with E-state index in [2.05, 4.69) is 31.2 Å². The van der Waals surface area contributed by atoms with Gasteiger partial charge in [-0.15, -0.1) is 0 Å². The molecule has 7 heteroatoms. The molecule has 0 spiro atoms. The third-order valence-electron chi connectivity index (χ3n) is 3.95. The first kappa shape index (κ1) is 17.2. The molecular weight excluding hydrogens is 410 g/mol. The molecule has 0 aliphatic carbocycles. The van der Waals surface area contributed by atoms with E-state index in [1.165, 1.54) is 7.11 Å². The number of hydrogen-bond donors (Lipinski definition) is 1. The topological polar surface area (TPSA) is 77.2 Å². The van der Waals surface area contributed by atoms with Crippen molar-refractivity contribution in [1.29, 1.82) is 0 Å². The van der Waals surface area contributed by atoms with Gasteiger partial charge in [-0.1, -0.05) is 12.1 Å². The highest BCUT2D eigenvalue weighted by atomic mass is 79.9. The highest BCUT2D eigenvalue weighted by Crippen LogP contribution is 2.27. The third-order valence-corrected chi connectivity index (χ3v) is 4.38. The van der Waals surface area contributed by atoms with Gasteiger partial charge in [0.05, 0.1) is 18.2 Å². The molecule has 0 saturated carbocycles. The zero-order chi connectivity index (χ0) is 18.8. The smallest absolute Gasteiger partial charge is 0.259 e. The summed E-state index contributed by atoms with van der Waals surface area (Å²) in [5.41, 5.74) is 3.11. The van der Waals surface area contributed by atoms with Crippen LogP contribution in [0, 0.1) is 0 Å². The SMILES string of the molecule is COc1ccccc1C(=O)Nc1ccc2oc(-c3cncc(Br)c3)nc2c1. The van der Waals surface area contributed by atoms with Gasteiger partial charge in [-0.25, -0.2) is 4.98 Å². The lowest BCUT2D eigenvalue weighted by molar-refractivity contribution is 0.102. The van der Waals surface area contributed by atoms with Crippen molar-refractivity contribution < 1.29 is 13.9 Å². The summed E-state index contributed by atoms with van der Waals surface area (Å²) >= 11 is 3.39. The summed E-state index contributed by atoms with van der Waals surface area (Å²) in [5.74, 6) is 0.723.